The molecule has 6 nitrogen and oxygen atoms in total. The average Bonchev–Trinajstić information content (AvgIpc) is 3.15. The van der Waals surface area contributed by atoms with Crippen LogP contribution in [0.25, 0.3) is 11.0 Å². The molecular formula is C20H21NO5S. The zero-order valence-electron chi connectivity index (χ0n) is 15.3. The lowest BCUT2D eigenvalue weighted by Gasteiger charge is -2.22. The Morgan fingerprint density at radius 1 is 1.26 bits per heavy atom. The van der Waals surface area contributed by atoms with Crippen molar-refractivity contribution < 1.29 is 18.7 Å². The minimum atomic E-state index is -0.407. The molecule has 1 aromatic carbocycles. The molecule has 0 radical (unpaired) electrons. The highest BCUT2D eigenvalue weighted by molar-refractivity contribution is 7.09. The summed E-state index contributed by atoms with van der Waals surface area (Å²) in [6.45, 7) is 3.22. The molecule has 1 amide bonds. The van der Waals surface area contributed by atoms with Crippen LogP contribution >= 0.6 is 11.3 Å². The number of carbonyl (C=O) groups is 1. The van der Waals surface area contributed by atoms with Crippen molar-refractivity contribution in [3.8, 4) is 5.75 Å². The molecule has 0 aliphatic carbocycles. The number of carbonyl (C=O) groups excluding carboxylic acids is 1. The second-order valence-electron chi connectivity index (χ2n) is 6.08. The Kier molecular flexibility index (Phi) is 6.26. The Morgan fingerprint density at radius 3 is 2.85 bits per heavy atom. The van der Waals surface area contributed by atoms with E-state index in [0.29, 0.717) is 31.0 Å². The van der Waals surface area contributed by atoms with Gasteiger partial charge in [0.25, 0.3) is 5.91 Å². The van der Waals surface area contributed by atoms with Crippen molar-refractivity contribution in [3.63, 3.8) is 0 Å². The van der Waals surface area contributed by atoms with Gasteiger partial charge in [0.1, 0.15) is 11.3 Å². The maximum atomic E-state index is 12.6. The topological polar surface area (TPSA) is 69.0 Å². The lowest BCUT2D eigenvalue weighted by molar-refractivity contribution is -0.134. The van der Waals surface area contributed by atoms with Crippen molar-refractivity contribution in [2.75, 3.05) is 26.9 Å². The number of nitrogens with zero attached hydrogens (tertiary/aromatic N) is 1. The molecule has 0 bridgehead atoms. The average molecular weight is 387 g/mol. The molecule has 142 valence electrons. The third-order valence-corrected chi connectivity index (χ3v) is 4.99. The summed E-state index contributed by atoms with van der Waals surface area (Å²) in [6.07, 6.45) is 0. The van der Waals surface area contributed by atoms with Gasteiger partial charge in [0.2, 0.25) is 0 Å². The summed E-state index contributed by atoms with van der Waals surface area (Å²) < 4.78 is 16.0. The minimum Gasteiger partial charge on any atom is -0.484 e. The van der Waals surface area contributed by atoms with E-state index in [4.69, 9.17) is 13.9 Å². The van der Waals surface area contributed by atoms with Crippen molar-refractivity contribution >= 4 is 28.2 Å². The second kappa shape index (κ2) is 8.83. The molecule has 2 aromatic heterocycles. The number of amides is 1. The van der Waals surface area contributed by atoms with Gasteiger partial charge in [-0.05, 0) is 36.1 Å². The molecule has 3 aromatic rings. The van der Waals surface area contributed by atoms with Gasteiger partial charge in [0.15, 0.2) is 6.61 Å². The Balaban J connectivity index is 1.68. The first-order valence-electron chi connectivity index (χ1n) is 8.53. The van der Waals surface area contributed by atoms with Gasteiger partial charge in [-0.25, -0.2) is 4.79 Å². The Morgan fingerprint density at radius 2 is 2.11 bits per heavy atom. The van der Waals surface area contributed by atoms with Crippen LogP contribution in [-0.2, 0) is 16.1 Å². The van der Waals surface area contributed by atoms with E-state index in [1.807, 2.05) is 30.5 Å². The summed E-state index contributed by atoms with van der Waals surface area (Å²) >= 11 is 1.60. The molecule has 0 aliphatic heterocycles. The summed E-state index contributed by atoms with van der Waals surface area (Å²) in [4.78, 5) is 26.9. The van der Waals surface area contributed by atoms with Crippen LogP contribution in [0, 0.1) is 6.92 Å². The van der Waals surface area contributed by atoms with Gasteiger partial charge in [0.05, 0.1) is 13.2 Å². The SMILES string of the molecule is COCCN(Cc1cccs1)C(=O)COc1ccc2c(C)cc(=O)oc2c1. The van der Waals surface area contributed by atoms with Crippen molar-refractivity contribution in [1.82, 2.24) is 4.90 Å². The van der Waals surface area contributed by atoms with Gasteiger partial charge in [-0.15, -0.1) is 11.3 Å². The molecule has 0 unspecified atom stereocenters. The molecule has 3 rings (SSSR count). The zero-order chi connectivity index (χ0) is 19.2. The molecular weight excluding hydrogens is 366 g/mol. The number of rotatable bonds is 8. The van der Waals surface area contributed by atoms with Gasteiger partial charge >= 0.3 is 5.63 Å². The van der Waals surface area contributed by atoms with Crippen LogP contribution in [0.1, 0.15) is 10.4 Å². The molecule has 0 saturated carbocycles. The maximum Gasteiger partial charge on any atom is 0.336 e. The highest BCUT2D eigenvalue weighted by Gasteiger charge is 2.15. The van der Waals surface area contributed by atoms with E-state index in [1.54, 1.807) is 35.5 Å². The lowest BCUT2D eigenvalue weighted by Crippen LogP contribution is -2.36. The number of fused-ring (bicyclic) bond motifs is 1. The first-order valence-corrected chi connectivity index (χ1v) is 9.41. The quantitative estimate of drug-likeness (QED) is 0.555. The van der Waals surface area contributed by atoms with E-state index in [9.17, 15) is 9.59 Å². The third kappa shape index (κ3) is 4.96. The van der Waals surface area contributed by atoms with Gasteiger partial charge in [-0.1, -0.05) is 6.07 Å². The van der Waals surface area contributed by atoms with Gasteiger partial charge in [-0.3, -0.25) is 4.79 Å². The molecule has 0 atom stereocenters. The highest BCUT2D eigenvalue weighted by Crippen LogP contribution is 2.22. The number of ether oxygens (including phenoxy) is 2. The van der Waals surface area contributed by atoms with Crippen molar-refractivity contribution in [3.05, 3.63) is 62.6 Å². The molecule has 0 saturated heterocycles. The molecule has 7 heteroatoms. The molecule has 0 spiro atoms. The summed E-state index contributed by atoms with van der Waals surface area (Å²) in [7, 11) is 1.61. The van der Waals surface area contributed by atoms with Crippen molar-refractivity contribution in [2.45, 2.75) is 13.5 Å². The van der Waals surface area contributed by atoms with Crippen molar-refractivity contribution in [1.29, 1.82) is 0 Å². The molecule has 2 heterocycles. The highest BCUT2D eigenvalue weighted by atomic mass is 32.1. The predicted octanol–water partition coefficient (Wildman–Crippen LogP) is 3.22. The zero-order valence-corrected chi connectivity index (χ0v) is 16.1. The van der Waals surface area contributed by atoms with Crippen LogP contribution in [0.3, 0.4) is 0 Å². The summed E-state index contributed by atoms with van der Waals surface area (Å²) in [6, 6.07) is 10.6. The molecule has 0 aliphatic rings. The third-order valence-electron chi connectivity index (χ3n) is 4.13. The Hall–Kier alpha value is -2.64. The normalized spacial score (nSPS) is 10.9. The monoisotopic (exact) mass is 387 g/mol. The van der Waals surface area contributed by atoms with E-state index >= 15 is 0 Å². The predicted molar refractivity (Wildman–Crippen MR) is 104 cm³/mol. The van der Waals surface area contributed by atoms with Crippen LogP contribution in [0.5, 0.6) is 5.75 Å². The van der Waals surface area contributed by atoms with E-state index in [-0.39, 0.29) is 12.5 Å². The minimum absolute atomic E-state index is 0.101. The fraction of sp³-hybridized carbons (Fsp3) is 0.300. The van der Waals surface area contributed by atoms with Crippen LogP contribution in [-0.4, -0.2) is 37.7 Å². The fourth-order valence-electron chi connectivity index (χ4n) is 2.72. The largest absolute Gasteiger partial charge is 0.484 e. The van der Waals surface area contributed by atoms with Crippen LogP contribution in [0.15, 0.2) is 51.0 Å². The Bertz CT molecular complexity index is 964. The first kappa shape index (κ1) is 19.1. The number of aryl methyl sites for hydroxylation is 1. The standard InChI is InChI=1S/C20H21NO5S/c1-14-10-20(23)26-18-11-15(5-6-17(14)18)25-13-19(22)21(7-8-24-2)12-16-4-3-9-27-16/h3-6,9-11H,7-8,12-13H2,1-2H3. The van der Waals surface area contributed by atoms with Gasteiger partial charge < -0.3 is 18.8 Å². The lowest BCUT2D eigenvalue weighted by atomic mass is 10.1. The van der Waals surface area contributed by atoms with E-state index in [2.05, 4.69) is 0 Å². The van der Waals surface area contributed by atoms with Crippen molar-refractivity contribution in [2.24, 2.45) is 0 Å². The summed E-state index contributed by atoms with van der Waals surface area (Å²) in [5, 5.41) is 2.82. The van der Waals surface area contributed by atoms with E-state index in [0.717, 1.165) is 15.8 Å². The number of hydrogen-bond donors (Lipinski definition) is 0. The van der Waals surface area contributed by atoms with E-state index in [1.165, 1.54) is 6.07 Å². The molecule has 0 fully saturated rings. The van der Waals surface area contributed by atoms with Crippen LogP contribution < -0.4 is 10.4 Å². The Labute approximate surface area is 160 Å². The summed E-state index contributed by atoms with van der Waals surface area (Å²) in [5.74, 6) is 0.346. The number of thiophene rings is 1. The molecule has 27 heavy (non-hydrogen) atoms. The second-order valence-corrected chi connectivity index (χ2v) is 7.11. The van der Waals surface area contributed by atoms with Crippen LogP contribution in [0.4, 0.5) is 0 Å². The smallest absolute Gasteiger partial charge is 0.336 e. The number of methoxy groups -OCH3 is 1. The number of hydrogen-bond acceptors (Lipinski definition) is 6. The van der Waals surface area contributed by atoms with E-state index < -0.39 is 5.63 Å². The van der Waals surface area contributed by atoms with Gasteiger partial charge in [0, 0.05) is 36.1 Å². The molecule has 0 N–H and O–H groups in total. The van der Waals surface area contributed by atoms with Crippen LogP contribution in [0.2, 0.25) is 0 Å². The van der Waals surface area contributed by atoms with Gasteiger partial charge in [-0.2, -0.15) is 0 Å². The maximum absolute atomic E-state index is 12.6. The number of benzene rings is 1. The summed E-state index contributed by atoms with van der Waals surface area (Å²) in [5.41, 5.74) is 0.875. The first-order chi connectivity index (χ1) is 13.1. The fourth-order valence-corrected chi connectivity index (χ4v) is 3.43.